The first-order valence-electron chi connectivity index (χ1n) is 18.2. The highest BCUT2D eigenvalue weighted by atomic mass is 16.6. The van der Waals surface area contributed by atoms with Crippen LogP contribution in [0.15, 0.2) is 67.3 Å². The molecule has 1 fully saturated rings. The number of rotatable bonds is 18. The van der Waals surface area contributed by atoms with E-state index in [9.17, 15) is 29.4 Å². The van der Waals surface area contributed by atoms with Gasteiger partial charge < -0.3 is 50.6 Å². The van der Waals surface area contributed by atoms with Crippen LogP contribution >= 0.6 is 0 Å². The van der Waals surface area contributed by atoms with Gasteiger partial charge in [-0.2, -0.15) is 0 Å². The second kappa shape index (κ2) is 19.7. The van der Waals surface area contributed by atoms with E-state index in [4.69, 9.17) is 14.2 Å². The molecule has 6 atom stereocenters. The number of alkyl carbamates (subject to hydrolysis) is 1. The van der Waals surface area contributed by atoms with Crippen molar-refractivity contribution in [2.75, 3.05) is 39.3 Å². The van der Waals surface area contributed by atoms with Gasteiger partial charge in [0, 0.05) is 34.0 Å². The number of carbonyl (C=O) groups excluding carboxylic acids is 4. The van der Waals surface area contributed by atoms with Gasteiger partial charge in [0.05, 0.1) is 26.1 Å². The van der Waals surface area contributed by atoms with Crippen LogP contribution in [0.3, 0.4) is 0 Å². The maximum absolute atomic E-state index is 14.2. The number of aliphatic hydroxyl groups excluding tert-OH is 2. The summed E-state index contributed by atoms with van der Waals surface area (Å²) < 4.78 is 18.2. The van der Waals surface area contributed by atoms with Crippen molar-refractivity contribution in [2.45, 2.75) is 75.8 Å². The number of aromatic nitrogens is 4. The number of imidazole rings is 1. The van der Waals surface area contributed by atoms with E-state index in [0.717, 1.165) is 5.56 Å². The molecular formula is C38H49N9O9. The second-order valence-corrected chi connectivity index (χ2v) is 13.5. The maximum Gasteiger partial charge on any atom is 0.408 e. The average molecular weight is 776 g/mol. The summed E-state index contributed by atoms with van der Waals surface area (Å²) in [5, 5.41) is 32.8. The van der Waals surface area contributed by atoms with Crippen molar-refractivity contribution >= 4 is 40.8 Å². The number of unbranched alkanes of at least 4 members (excludes halogenated alkanes) is 1. The number of anilines is 1. The zero-order valence-corrected chi connectivity index (χ0v) is 31.8. The summed E-state index contributed by atoms with van der Waals surface area (Å²) in [6.45, 7) is 1.21. The third-order valence-corrected chi connectivity index (χ3v) is 9.25. The quantitative estimate of drug-likeness (QED) is 0.0775. The normalized spacial score (nSPS) is 18.8. The number of nitrogens with zero attached hydrogens (tertiary/aromatic N) is 5. The molecule has 4 aromatic rings. The van der Waals surface area contributed by atoms with Crippen molar-refractivity contribution in [3.05, 3.63) is 78.4 Å². The Bertz CT molecular complexity index is 1930. The van der Waals surface area contributed by atoms with E-state index in [1.54, 1.807) is 55.4 Å². The standard InChI is InChI=1S/C38H49N9O9/c1-23(49)39-17-9-8-12-27(44-38(53)55-20-25-10-6-5-7-11-25)35(51)43-28(18-24-13-15-26(54-4)16-14-24)36(52)45-30-29(19-48)56-37(32(30)50)47-22-42-31-33(46(2)3)40-21-41-34(31)47/h5-7,10-11,13-16,21-22,27-30,32,37,48,50H,8-9,12,17-20H2,1-4H3,(H,39,49)(H,43,51)(H,44,53)(H,45,52)/t27?,28?,29-,30?,32+,37-/m1/s1. The Labute approximate surface area is 323 Å². The van der Waals surface area contributed by atoms with Crippen molar-refractivity contribution in [1.82, 2.24) is 40.8 Å². The van der Waals surface area contributed by atoms with Crippen molar-refractivity contribution in [3.63, 3.8) is 0 Å². The fourth-order valence-corrected chi connectivity index (χ4v) is 6.32. The van der Waals surface area contributed by atoms with Gasteiger partial charge in [0.1, 0.15) is 43.0 Å². The van der Waals surface area contributed by atoms with Crippen LogP contribution in [0.1, 0.15) is 43.5 Å². The average Bonchev–Trinajstić information content (AvgIpc) is 3.76. The van der Waals surface area contributed by atoms with Gasteiger partial charge >= 0.3 is 6.09 Å². The van der Waals surface area contributed by atoms with Gasteiger partial charge in [0.2, 0.25) is 17.7 Å². The van der Waals surface area contributed by atoms with E-state index in [1.165, 1.54) is 31.3 Å². The molecule has 18 heteroatoms. The van der Waals surface area contributed by atoms with Crippen LogP contribution in [0.2, 0.25) is 0 Å². The lowest BCUT2D eigenvalue weighted by atomic mass is 10.0. The molecule has 6 N–H and O–H groups in total. The smallest absolute Gasteiger partial charge is 0.408 e. The molecule has 18 nitrogen and oxygen atoms in total. The van der Waals surface area contributed by atoms with E-state index in [2.05, 4.69) is 36.2 Å². The number of aliphatic hydroxyl groups is 2. The Morgan fingerprint density at radius 2 is 1.70 bits per heavy atom. The minimum absolute atomic E-state index is 0.0164. The number of hydrogen-bond donors (Lipinski definition) is 6. The molecule has 300 valence electrons. The molecule has 0 spiro atoms. The first-order valence-corrected chi connectivity index (χ1v) is 18.2. The van der Waals surface area contributed by atoms with E-state index < -0.39 is 61.1 Å². The highest BCUT2D eigenvalue weighted by Crippen LogP contribution is 2.32. The summed E-state index contributed by atoms with van der Waals surface area (Å²) in [7, 11) is 5.14. The van der Waals surface area contributed by atoms with Crippen LogP contribution in [0.4, 0.5) is 10.6 Å². The number of benzene rings is 2. The Hall–Kier alpha value is -5.85. The SMILES string of the molecule is COc1ccc(CC(NC(=O)C(CCCCNC(C)=O)NC(=O)OCc2ccccc2)C(=O)NC2[C@@H](CO)O[C@@H](n3cnc4c(N(C)C)ncnc43)[C@H]2O)cc1. The number of carbonyl (C=O) groups is 4. The van der Waals surface area contributed by atoms with Crippen molar-refractivity contribution in [3.8, 4) is 5.75 Å². The van der Waals surface area contributed by atoms with E-state index in [1.807, 2.05) is 18.2 Å². The Morgan fingerprint density at radius 1 is 0.946 bits per heavy atom. The van der Waals surface area contributed by atoms with Crippen LogP contribution in [-0.4, -0.2) is 118 Å². The van der Waals surface area contributed by atoms with Gasteiger partial charge in [0.25, 0.3) is 0 Å². The number of nitrogens with one attached hydrogen (secondary N) is 4. The van der Waals surface area contributed by atoms with Crippen LogP contribution in [0.25, 0.3) is 11.2 Å². The third-order valence-electron chi connectivity index (χ3n) is 9.25. The molecule has 1 aliphatic heterocycles. The fraction of sp³-hybridized carbons (Fsp3) is 0.447. The minimum atomic E-state index is -1.37. The molecule has 4 amide bonds. The van der Waals surface area contributed by atoms with Crippen molar-refractivity contribution in [2.24, 2.45) is 0 Å². The number of methoxy groups -OCH3 is 1. The minimum Gasteiger partial charge on any atom is -0.497 e. The van der Waals surface area contributed by atoms with Crippen molar-refractivity contribution in [1.29, 1.82) is 0 Å². The van der Waals surface area contributed by atoms with E-state index >= 15 is 0 Å². The summed E-state index contributed by atoms with van der Waals surface area (Å²) in [5.41, 5.74) is 2.27. The lowest BCUT2D eigenvalue weighted by molar-refractivity contribution is -0.131. The molecule has 1 saturated heterocycles. The molecule has 2 aromatic carbocycles. The summed E-state index contributed by atoms with van der Waals surface area (Å²) >= 11 is 0. The Morgan fingerprint density at radius 3 is 2.38 bits per heavy atom. The highest BCUT2D eigenvalue weighted by molar-refractivity contribution is 5.91. The highest BCUT2D eigenvalue weighted by Gasteiger charge is 2.46. The molecule has 3 unspecified atom stereocenters. The van der Waals surface area contributed by atoms with Gasteiger partial charge in [-0.3, -0.25) is 19.0 Å². The van der Waals surface area contributed by atoms with Crippen LogP contribution in [0.5, 0.6) is 5.75 Å². The Balaban J connectivity index is 1.35. The number of amides is 4. The van der Waals surface area contributed by atoms with Gasteiger partial charge in [-0.25, -0.2) is 19.7 Å². The van der Waals surface area contributed by atoms with Crippen LogP contribution in [-0.2, 0) is 36.9 Å². The van der Waals surface area contributed by atoms with Crippen LogP contribution < -0.4 is 30.9 Å². The van der Waals surface area contributed by atoms with Gasteiger partial charge in [-0.05, 0) is 42.5 Å². The topological polar surface area (TPSA) is 231 Å². The molecule has 2 aromatic heterocycles. The summed E-state index contributed by atoms with van der Waals surface area (Å²) in [6, 6.07) is 12.5. The van der Waals surface area contributed by atoms with Gasteiger partial charge in [-0.15, -0.1) is 0 Å². The molecule has 56 heavy (non-hydrogen) atoms. The maximum atomic E-state index is 14.2. The first kappa shape index (κ1) is 41.3. The Kier molecular flexibility index (Phi) is 14.5. The second-order valence-electron chi connectivity index (χ2n) is 13.5. The summed E-state index contributed by atoms with van der Waals surface area (Å²) in [4.78, 5) is 67.2. The molecule has 0 saturated carbocycles. The molecule has 5 rings (SSSR count). The lowest BCUT2D eigenvalue weighted by Gasteiger charge is -2.26. The van der Waals surface area contributed by atoms with Gasteiger partial charge in [0.15, 0.2) is 23.2 Å². The molecule has 0 aliphatic carbocycles. The molecule has 3 heterocycles. The van der Waals surface area contributed by atoms with Gasteiger partial charge in [-0.1, -0.05) is 42.5 Å². The number of ether oxygens (including phenoxy) is 3. The van der Waals surface area contributed by atoms with E-state index in [-0.39, 0.29) is 25.4 Å². The zero-order chi connectivity index (χ0) is 40.2. The van der Waals surface area contributed by atoms with Crippen LogP contribution in [0, 0.1) is 0 Å². The summed E-state index contributed by atoms with van der Waals surface area (Å²) in [5.74, 6) is -0.380. The number of hydrogen-bond acceptors (Lipinski definition) is 13. The molecule has 0 radical (unpaired) electrons. The predicted molar refractivity (Wildman–Crippen MR) is 203 cm³/mol. The third kappa shape index (κ3) is 10.7. The number of fused-ring (bicyclic) bond motifs is 1. The van der Waals surface area contributed by atoms with Crippen molar-refractivity contribution < 1.29 is 43.6 Å². The summed E-state index contributed by atoms with van der Waals surface area (Å²) in [6.07, 6.45) is -0.366. The molecular weight excluding hydrogens is 726 g/mol. The lowest BCUT2D eigenvalue weighted by Crippen LogP contribution is -2.58. The molecule has 0 bridgehead atoms. The zero-order valence-electron chi connectivity index (χ0n) is 31.8. The monoisotopic (exact) mass is 775 g/mol. The fourth-order valence-electron chi connectivity index (χ4n) is 6.32. The van der Waals surface area contributed by atoms with E-state index in [0.29, 0.717) is 47.7 Å². The first-order chi connectivity index (χ1) is 27.0. The molecule has 1 aliphatic rings. The largest absolute Gasteiger partial charge is 0.497 e. The predicted octanol–water partition coefficient (Wildman–Crippen LogP) is 0.965.